The maximum atomic E-state index is 9.08. The van der Waals surface area contributed by atoms with Crippen LogP contribution in [-0.2, 0) is 6.42 Å². The zero-order valence-electron chi connectivity index (χ0n) is 10.3. The summed E-state index contributed by atoms with van der Waals surface area (Å²) in [6, 6.07) is 8.79. The molecule has 0 atom stereocenters. The van der Waals surface area contributed by atoms with E-state index in [0.29, 0.717) is 6.04 Å². The minimum absolute atomic E-state index is 0.262. The zero-order valence-corrected chi connectivity index (χ0v) is 10.3. The van der Waals surface area contributed by atoms with Crippen LogP contribution in [-0.4, -0.2) is 35.7 Å². The van der Waals surface area contributed by atoms with Crippen molar-refractivity contribution in [1.82, 2.24) is 4.90 Å². The summed E-state index contributed by atoms with van der Waals surface area (Å²) < 4.78 is 0. The Labute approximate surface area is 103 Å². The highest BCUT2D eigenvalue weighted by atomic mass is 16.3. The quantitative estimate of drug-likeness (QED) is 0.736. The number of aliphatic hydroxyl groups is 1. The summed E-state index contributed by atoms with van der Waals surface area (Å²) in [4.78, 5) is 2.42. The molecule has 0 heterocycles. The van der Waals surface area contributed by atoms with Gasteiger partial charge in [0, 0.05) is 24.8 Å². The Kier molecular flexibility index (Phi) is 4.40. The molecule has 0 aromatic heterocycles. The fraction of sp³-hybridized carbons (Fsp3) is 0.571. The van der Waals surface area contributed by atoms with Gasteiger partial charge in [-0.15, -0.1) is 0 Å². The average Bonchev–Trinajstić information content (AvgIpc) is 2.26. The normalized spacial score (nSPS) is 16.1. The lowest BCUT2D eigenvalue weighted by molar-refractivity contribution is 0.103. The van der Waals surface area contributed by atoms with Gasteiger partial charge in [0.25, 0.3) is 0 Å². The highest BCUT2D eigenvalue weighted by Crippen LogP contribution is 2.24. The average molecular weight is 234 g/mol. The fourth-order valence-corrected chi connectivity index (χ4v) is 2.31. The Morgan fingerprint density at radius 3 is 2.41 bits per heavy atom. The molecule has 1 saturated carbocycles. The molecule has 3 heteroatoms. The molecule has 0 aliphatic heterocycles. The number of rotatable bonds is 6. The van der Waals surface area contributed by atoms with Crippen LogP contribution in [0.25, 0.3) is 0 Å². The lowest BCUT2D eigenvalue weighted by Crippen LogP contribution is -2.42. The molecule has 0 amide bonds. The molecule has 0 unspecified atom stereocenters. The van der Waals surface area contributed by atoms with E-state index in [1.165, 1.54) is 24.8 Å². The summed E-state index contributed by atoms with van der Waals surface area (Å²) in [5.41, 5.74) is 7.81. The van der Waals surface area contributed by atoms with E-state index in [0.717, 1.165) is 25.2 Å². The molecule has 1 aromatic rings. The van der Waals surface area contributed by atoms with Gasteiger partial charge >= 0.3 is 0 Å². The molecule has 94 valence electrons. The van der Waals surface area contributed by atoms with Crippen molar-refractivity contribution < 1.29 is 5.11 Å². The summed E-state index contributed by atoms with van der Waals surface area (Å²) in [7, 11) is 0. The molecule has 17 heavy (non-hydrogen) atoms. The SMILES string of the molecule is Nc1ccc(CCN(CCO)C2CCC2)cc1. The van der Waals surface area contributed by atoms with E-state index in [-0.39, 0.29) is 6.61 Å². The van der Waals surface area contributed by atoms with Crippen LogP contribution in [0.15, 0.2) is 24.3 Å². The Balaban J connectivity index is 1.83. The topological polar surface area (TPSA) is 49.5 Å². The van der Waals surface area contributed by atoms with Crippen molar-refractivity contribution in [3.63, 3.8) is 0 Å². The van der Waals surface area contributed by atoms with E-state index in [1.54, 1.807) is 0 Å². The van der Waals surface area contributed by atoms with E-state index in [4.69, 9.17) is 10.8 Å². The molecule has 3 nitrogen and oxygen atoms in total. The molecule has 0 spiro atoms. The lowest BCUT2D eigenvalue weighted by Gasteiger charge is -2.37. The van der Waals surface area contributed by atoms with Gasteiger partial charge in [-0.3, -0.25) is 4.90 Å². The third-order valence-corrected chi connectivity index (χ3v) is 3.65. The van der Waals surface area contributed by atoms with Crippen LogP contribution in [0.5, 0.6) is 0 Å². The summed E-state index contributed by atoms with van der Waals surface area (Å²) >= 11 is 0. The molecule has 1 aliphatic rings. The van der Waals surface area contributed by atoms with Crippen molar-refractivity contribution in [2.45, 2.75) is 31.7 Å². The van der Waals surface area contributed by atoms with Gasteiger partial charge in [0.1, 0.15) is 0 Å². The van der Waals surface area contributed by atoms with Gasteiger partial charge in [0.2, 0.25) is 0 Å². The van der Waals surface area contributed by atoms with Gasteiger partial charge in [0.15, 0.2) is 0 Å². The Morgan fingerprint density at radius 2 is 1.88 bits per heavy atom. The first kappa shape index (κ1) is 12.4. The van der Waals surface area contributed by atoms with Gasteiger partial charge in [-0.05, 0) is 37.0 Å². The number of hydrogen-bond acceptors (Lipinski definition) is 3. The van der Waals surface area contributed by atoms with Crippen LogP contribution in [0.4, 0.5) is 5.69 Å². The maximum absolute atomic E-state index is 9.08. The molecule has 1 fully saturated rings. The molecule has 0 bridgehead atoms. The largest absolute Gasteiger partial charge is 0.399 e. The number of anilines is 1. The molecule has 3 N–H and O–H groups in total. The van der Waals surface area contributed by atoms with E-state index >= 15 is 0 Å². The minimum atomic E-state index is 0.262. The summed E-state index contributed by atoms with van der Waals surface area (Å²) in [5, 5.41) is 9.08. The third-order valence-electron chi connectivity index (χ3n) is 3.65. The second kappa shape index (κ2) is 6.03. The van der Waals surface area contributed by atoms with Crippen LogP contribution in [0.2, 0.25) is 0 Å². The number of hydrogen-bond donors (Lipinski definition) is 2. The van der Waals surface area contributed by atoms with Crippen molar-refractivity contribution in [2.24, 2.45) is 0 Å². The second-order valence-electron chi connectivity index (χ2n) is 4.84. The van der Waals surface area contributed by atoms with Crippen molar-refractivity contribution in [3.8, 4) is 0 Å². The predicted molar refractivity (Wildman–Crippen MR) is 70.9 cm³/mol. The summed E-state index contributed by atoms with van der Waals surface area (Å²) in [6.07, 6.45) is 4.97. The van der Waals surface area contributed by atoms with Gasteiger partial charge < -0.3 is 10.8 Å². The first-order valence-corrected chi connectivity index (χ1v) is 6.49. The van der Waals surface area contributed by atoms with E-state index in [1.807, 2.05) is 12.1 Å². The lowest BCUT2D eigenvalue weighted by atomic mass is 9.91. The summed E-state index contributed by atoms with van der Waals surface area (Å²) in [5.74, 6) is 0. The van der Waals surface area contributed by atoms with Crippen molar-refractivity contribution in [1.29, 1.82) is 0 Å². The first-order chi connectivity index (χ1) is 8.29. The molecule has 0 radical (unpaired) electrons. The minimum Gasteiger partial charge on any atom is -0.399 e. The van der Waals surface area contributed by atoms with Crippen molar-refractivity contribution in [2.75, 3.05) is 25.4 Å². The second-order valence-corrected chi connectivity index (χ2v) is 4.84. The maximum Gasteiger partial charge on any atom is 0.0558 e. The van der Waals surface area contributed by atoms with Crippen LogP contribution in [0, 0.1) is 0 Å². The van der Waals surface area contributed by atoms with Crippen LogP contribution in [0.1, 0.15) is 24.8 Å². The van der Waals surface area contributed by atoms with Gasteiger partial charge in [0.05, 0.1) is 6.61 Å². The third kappa shape index (κ3) is 3.45. The number of aliphatic hydroxyl groups excluding tert-OH is 1. The highest BCUT2D eigenvalue weighted by molar-refractivity contribution is 5.39. The Hall–Kier alpha value is -1.06. The molecule has 2 rings (SSSR count). The van der Waals surface area contributed by atoms with Gasteiger partial charge in [-0.2, -0.15) is 0 Å². The monoisotopic (exact) mass is 234 g/mol. The number of nitrogen functional groups attached to an aromatic ring is 1. The standard InChI is InChI=1S/C14H22N2O/c15-13-6-4-12(5-7-13)8-9-16(10-11-17)14-2-1-3-14/h4-7,14,17H,1-3,8-11,15H2. The van der Waals surface area contributed by atoms with Crippen LogP contribution >= 0.6 is 0 Å². The Morgan fingerprint density at radius 1 is 1.18 bits per heavy atom. The summed E-state index contributed by atoms with van der Waals surface area (Å²) in [6.45, 7) is 2.10. The first-order valence-electron chi connectivity index (χ1n) is 6.49. The van der Waals surface area contributed by atoms with E-state index in [2.05, 4.69) is 17.0 Å². The smallest absolute Gasteiger partial charge is 0.0558 e. The van der Waals surface area contributed by atoms with Crippen LogP contribution < -0.4 is 5.73 Å². The van der Waals surface area contributed by atoms with Crippen molar-refractivity contribution in [3.05, 3.63) is 29.8 Å². The van der Waals surface area contributed by atoms with E-state index < -0.39 is 0 Å². The van der Waals surface area contributed by atoms with Gasteiger partial charge in [-0.25, -0.2) is 0 Å². The molecule has 1 aromatic carbocycles. The molecular formula is C14H22N2O. The molecule has 0 saturated heterocycles. The predicted octanol–water partition coefficient (Wildman–Crippen LogP) is 1.66. The number of nitrogens with two attached hydrogens (primary N) is 1. The van der Waals surface area contributed by atoms with E-state index in [9.17, 15) is 0 Å². The molecular weight excluding hydrogens is 212 g/mol. The number of nitrogens with zero attached hydrogens (tertiary/aromatic N) is 1. The molecule has 1 aliphatic carbocycles. The van der Waals surface area contributed by atoms with Crippen LogP contribution in [0.3, 0.4) is 0 Å². The Bertz CT molecular complexity index is 333. The zero-order chi connectivity index (χ0) is 12.1. The van der Waals surface area contributed by atoms with Gasteiger partial charge in [-0.1, -0.05) is 18.6 Å². The highest BCUT2D eigenvalue weighted by Gasteiger charge is 2.23. The fourth-order valence-electron chi connectivity index (χ4n) is 2.31. The van der Waals surface area contributed by atoms with Crippen molar-refractivity contribution >= 4 is 5.69 Å². The number of benzene rings is 1.